The number of thiophene rings is 1. The zero-order valence-corrected chi connectivity index (χ0v) is 6.68. The molecule has 0 amide bonds. The van der Waals surface area contributed by atoms with Crippen LogP contribution in [-0.2, 0) is 0 Å². The maximum absolute atomic E-state index is 12.7. The molecule has 0 radical (unpaired) electrons. The van der Waals surface area contributed by atoms with Crippen LogP contribution in [0.25, 0.3) is 0 Å². The second-order valence-electron chi connectivity index (χ2n) is 2.08. The van der Waals surface area contributed by atoms with Gasteiger partial charge in [-0.2, -0.15) is 4.39 Å². The summed E-state index contributed by atoms with van der Waals surface area (Å²) >= 11 is 1.11. The number of nitrogens with two attached hydrogens (primary N) is 1. The molecule has 1 aromatic rings. The monoisotopic (exact) mass is 160 g/mol. The van der Waals surface area contributed by atoms with Gasteiger partial charge >= 0.3 is 0 Å². The first-order valence-electron chi connectivity index (χ1n) is 2.89. The van der Waals surface area contributed by atoms with Crippen molar-refractivity contribution in [1.29, 1.82) is 0 Å². The molecule has 4 heteroatoms. The smallest absolute Gasteiger partial charge is 0.201 e. The van der Waals surface area contributed by atoms with E-state index in [2.05, 4.69) is 5.43 Å². The quantitative estimate of drug-likeness (QED) is 0.485. The van der Waals surface area contributed by atoms with Gasteiger partial charge in [-0.3, -0.25) is 5.84 Å². The van der Waals surface area contributed by atoms with Crippen molar-refractivity contribution in [1.82, 2.24) is 0 Å². The van der Waals surface area contributed by atoms with Gasteiger partial charge < -0.3 is 5.43 Å². The van der Waals surface area contributed by atoms with E-state index in [1.807, 2.05) is 13.8 Å². The molecule has 0 unspecified atom stereocenters. The number of hydrogen-bond acceptors (Lipinski definition) is 3. The predicted octanol–water partition coefficient (Wildman–Crippen LogP) is 1.79. The van der Waals surface area contributed by atoms with Crippen LogP contribution < -0.4 is 11.3 Å². The van der Waals surface area contributed by atoms with Crippen LogP contribution in [-0.4, -0.2) is 0 Å². The van der Waals surface area contributed by atoms with Crippen molar-refractivity contribution in [3.05, 3.63) is 15.6 Å². The number of rotatable bonds is 1. The fourth-order valence-corrected chi connectivity index (χ4v) is 1.59. The Bertz CT molecular complexity index is 244. The average molecular weight is 160 g/mol. The van der Waals surface area contributed by atoms with Crippen LogP contribution >= 0.6 is 11.3 Å². The highest BCUT2D eigenvalue weighted by Crippen LogP contribution is 2.29. The minimum atomic E-state index is -0.238. The van der Waals surface area contributed by atoms with E-state index in [0.717, 1.165) is 21.8 Å². The Labute approximate surface area is 62.8 Å². The van der Waals surface area contributed by atoms with Gasteiger partial charge in [-0.15, -0.1) is 11.3 Å². The number of anilines is 1. The van der Waals surface area contributed by atoms with Crippen molar-refractivity contribution in [2.24, 2.45) is 5.84 Å². The molecule has 1 aromatic heterocycles. The van der Waals surface area contributed by atoms with Gasteiger partial charge in [-0.05, 0) is 19.4 Å². The lowest BCUT2D eigenvalue weighted by atomic mass is 10.3. The zero-order chi connectivity index (χ0) is 7.72. The standard InChI is InChI=1S/C6H9FN2S/c1-3-4(2)10-6(7)5(3)9-8/h9H,8H2,1-2H3. The number of hydrazine groups is 1. The molecule has 0 spiro atoms. The van der Waals surface area contributed by atoms with E-state index < -0.39 is 0 Å². The molecule has 0 aliphatic rings. The van der Waals surface area contributed by atoms with Crippen molar-refractivity contribution >= 4 is 17.0 Å². The Morgan fingerprint density at radius 1 is 1.50 bits per heavy atom. The third kappa shape index (κ3) is 0.998. The van der Waals surface area contributed by atoms with Crippen LogP contribution in [0, 0.1) is 19.0 Å². The molecule has 0 bridgehead atoms. The molecular formula is C6H9FN2S. The summed E-state index contributed by atoms with van der Waals surface area (Å²) in [6.07, 6.45) is 0. The molecule has 0 aliphatic heterocycles. The van der Waals surface area contributed by atoms with Crippen molar-refractivity contribution in [2.75, 3.05) is 5.43 Å². The summed E-state index contributed by atoms with van der Waals surface area (Å²) in [5, 5.41) is -0.238. The van der Waals surface area contributed by atoms with E-state index in [0.29, 0.717) is 5.69 Å². The van der Waals surface area contributed by atoms with Crippen LogP contribution in [0.5, 0.6) is 0 Å². The van der Waals surface area contributed by atoms with Crippen LogP contribution in [0.2, 0.25) is 0 Å². The molecule has 3 N–H and O–H groups in total. The fraction of sp³-hybridized carbons (Fsp3) is 0.333. The maximum Gasteiger partial charge on any atom is 0.201 e. The minimum absolute atomic E-state index is 0.238. The molecule has 1 rings (SSSR count). The number of nitrogen functional groups attached to an aromatic ring is 1. The number of halogens is 1. The highest BCUT2D eigenvalue weighted by Gasteiger charge is 2.09. The first-order chi connectivity index (χ1) is 4.66. The SMILES string of the molecule is Cc1sc(F)c(NN)c1C. The highest BCUT2D eigenvalue weighted by molar-refractivity contribution is 7.11. The second kappa shape index (κ2) is 2.56. The van der Waals surface area contributed by atoms with E-state index in [9.17, 15) is 4.39 Å². The fourth-order valence-electron chi connectivity index (χ4n) is 0.750. The first-order valence-corrected chi connectivity index (χ1v) is 3.70. The van der Waals surface area contributed by atoms with Crippen molar-refractivity contribution < 1.29 is 4.39 Å². The molecule has 0 saturated heterocycles. The van der Waals surface area contributed by atoms with Gasteiger partial charge in [-0.1, -0.05) is 0 Å². The molecule has 0 saturated carbocycles. The summed E-state index contributed by atoms with van der Waals surface area (Å²) in [6.45, 7) is 3.70. The summed E-state index contributed by atoms with van der Waals surface area (Å²) in [4.78, 5) is 0.963. The van der Waals surface area contributed by atoms with Crippen LogP contribution in [0.4, 0.5) is 10.1 Å². The number of aryl methyl sites for hydroxylation is 1. The summed E-state index contributed by atoms with van der Waals surface area (Å²) in [5.74, 6) is 5.08. The topological polar surface area (TPSA) is 38.0 Å². The van der Waals surface area contributed by atoms with E-state index in [4.69, 9.17) is 5.84 Å². The van der Waals surface area contributed by atoms with E-state index in [1.165, 1.54) is 0 Å². The molecule has 1 heterocycles. The molecule has 0 atom stereocenters. The summed E-state index contributed by atoms with van der Waals surface area (Å²) in [6, 6.07) is 0. The van der Waals surface area contributed by atoms with Crippen molar-refractivity contribution in [3.8, 4) is 0 Å². The third-order valence-electron chi connectivity index (χ3n) is 1.49. The largest absolute Gasteiger partial charge is 0.321 e. The first kappa shape index (κ1) is 7.50. The van der Waals surface area contributed by atoms with E-state index in [-0.39, 0.29) is 5.13 Å². The van der Waals surface area contributed by atoms with Gasteiger partial charge in [0.15, 0.2) is 0 Å². The molecule has 10 heavy (non-hydrogen) atoms. The molecule has 0 aromatic carbocycles. The number of nitrogens with one attached hydrogen (secondary N) is 1. The van der Waals surface area contributed by atoms with Gasteiger partial charge in [0.25, 0.3) is 0 Å². The lowest BCUT2D eigenvalue weighted by Gasteiger charge is -1.96. The minimum Gasteiger partial charge on any atom is -0.321 e. The van der Waals surface area contributed by atoms with Gasteiger partial charge in [-0.25, -0.2) is 0 Å². The maximum atomic E-state index is 12.7. The lowest BCUT2D eigenvalue weighted by Crippen LogP contribution is -2.08. The van der Waals surface area contributed by atoms with E-state index in [1.54, 1.807) is 0 Å². The Kier molecular flexibility index (Phi) is 1.92. The third-order valence-corrected chi connectivity index (χ3v) is 2.48. The molecule has 0 aliphatic carbocycles. The van der Waals surface area contributed by atoms with Gasteiger partial charge in [0.1, 0.15) is 0 Å². The molecule has 0 fully saturated rings. The van der Waals surface area contributed by atoms with Crippen molar-refractivity contribution in [2.45, 2.75) is 13.8 Å². The summed E-state index contributed by atoms with van der Waals surface area (Å²) < 4.78 is 12.7. The average Bonchev–Trinajstić information content (AvgIpc) is 2.09. The summed E-state index contributed by atoms with van der Waals surface area (Å²) in [7, 11) is 0. The van der Waals surface area contributed by atoms with Crippen LogP contribution in [0.3, 0.4) is 0 Å². The Morgan fingerprint density at radius 2 is 2.10 bits per heavy atom. The lowest BCUT2D eigenvalue weighted by molar-refractivity contribution is 0.659. The normalized spacial score (nSPS) is 10.0. The van der Waals surface area contributed by atoms with Crippen molar-refractivity contribution in [3.63, 3.8) is 0 Å². The van der Waals surface area contributed by atoms with Crippen LogP contribution in [0.1, 0.15) is 10.4 Å². The predicted molar refractivity (Wildman–Crippen MR) is 41.6 cm³/mol. The van der Waals surface area contributed by atoms with E-state index >= 15 is 0 Å². The molecule has 56 valence electrons. The summed E-state index contributed by atoms with van der Waals surface area (Å²) in [5.41, 5.74) is 3.63. The second-order valence-corrected chi connectivity index (χ2v) is 3.25. The van der Waals surface area contributed by atoms with Gasteiger partial charge in [0.05, 0.1) is 5.69 Å². The zero-order valence-electron chi connectivity index (χ0n) is 5.86. The number of hydrogen-bond donors (Lipinski definition) is 2. The van der Waals surface area contributed by atoms with Crippen LogP contribution in [0.15, 0.2) is 0 Å². The Balaban J connectivity index is 3.20. The molecule has 2 nitrogen and oxygen atoms in total. The Hall–Kier alpha value is -0.610. The molecular weight excluding hydrogens is 151 g/mol. The van der Waals surface area contributed by atoms with Gasteiger partial charge in [0, 0.05) is 4.88 Å². The Morgan fingerprint density at radius 3 is 2.30 bits per heavy atom. The highest BCUT2D eigenvalue weighted by atomic mass is 32.1. The van der Waals surface area contributed by atoms with Gasteiger partial charge in [0.2, 0.25) is 5.13 Å².